The third-order valence-electron chi connectivity index (χ3n) is 2.78. The molecule has 0 spiro atoms. The minimum absolute atomic E-state index is 0.638. The van der Waals surface area contributed by atoms with Crippen LogP contribution in [0.3, 0.4) is 0 Å². The van der Waals surface area contributed by atoms with E-state index in [9.17, 15) is 0 Å². The SMILES string of the molecule is COCCCNc1nccc(NCc2ccccc2)n1. The van der Waals surface area contributed by atoms with Crippen molar-refractivity contribution in [2.75, 3.05) is 30.9 Å². The Hall–Kier alpha value is -2.14. The van der Waals surface area contributed by atoms with Crippen molar-refractivity contribution < 1.29 is 4.74 Å². The zero-order valence-corrected chi connectivity index (χ0v) is 11.7. The molecule has 0 aliphatic carbocycles. The Morgan fingerprint density at radius 3 is 2.75 bits per heavy atom. The monoisotopic (exact) mass is 272 g/mol. The van der Waals surface area contributed by atoms with E-state index in [1.165, 1.54) is 5.56 Å². The highest BCUT2D eigenvalue weighted by molar-refractivity contribution is 5.40. The maximum atomic E-state index is 5.00. The first-order valence-corrected chi connectivity index (χ1v) is 6.72. The van der Waals surface area contributed by atoms with Gasteiger partial charge >= 0.3 is 0 Å². The van der Waals surface area contributed by atoms with Crippen LogP contribution >= 0.6 is 0 Å². The number of nitrogens with one attached hydrogen (secondary N) is 2. The van der Waals surface area contributed by atoms with E-state index in [1.54, 1.807) is 13.3 Å². The smallest absolute Gasteiger partial charge is 0.224 e. The first kappa shape index (κ1) is 14.3. The van der Waals surface area contributed by atoms with Crippen LogP contribution in [0.5, 0.6) is 0 Å². The average molecular weight is 272 g/mol. The zero-order chi connectivity index (χ0) is 14.0. The van der Waals surface area contributed by atoms with Crippen LogP contribution in [0, 0.1) is 0 Å². The van der Waals surface area contributed by atoms with E-state index in [2.05, 4.69) is 32.7 Å². The number of hydrogen-bond acceptors (Lipinski definition) is 5. The van der Waals surface area contributed by atoms with Crippen LogP contribution in [0.2, 0.25) is 0 Å². The Bertz CT molecular complexity index is 504. The van der Waals surface area contributed by atoms with E-state index < -0.39 is 0 Å². The van der Waals surface area contributed by atoms with Crippen LogP contribution in [0.15, 0.2) is 42.6 Å². The molecule has 2 N–H and O–H groups in total. The fourth-order valence-corrected chi connectivity index (χ4v) is 1.75. The number of ether oxygens (including phenoxy) is 1. The topological polar surface area (TPSA) is 59.1 Å². The number of rotatable bonds is 8. The normalized spacial score (nSPS) is 10.2. The lowest BCUT2D eigenvalue weighted by atomic mass is 10.2. The Labute approximate surface area is 119 Å². The Kier molecular flexibility index (Phi) is 5.79. The van der Waals surface area contributed by atoms with Gasteiger partial charge in [0.05, 0.1) is 0 Å². The van der Waals surface area contributed by atoms with Crippen molar-refractivity contribution in [3.05, 3.63) is 48.2 Å². The van der Waals surface area contributed by atoms with Crippen LogP contribution < -0.4 is 10.6 Å². The standard InChI is InChI=1S/C15H20N4O/c1-20-11-5-9-16-15-17-10-8-14(19-15)18-12-13-6-3-2-4-7-13/h2-4,6-8,10H,5,9,11-12H2,1H3,(H2,16,17,18,19). The van der Waals surface area contributed by atoms with Crippen molar-refractivity contribution in [2.45, 2.75) is 13.0 Å². The summed E-state index contributed by atoms with van der Waals surface area (Å²) in [6.07, 6.45) is 2.68. The molecule has 0 fully saturated rings. The maximum absolute atomic E-state index is 5.00. The molecule has 0 aliphatic rings. The summed E-state index contributed by atoms with van der Waals surface area (Å²) in [5, 5.41) is 6.46. The molecule has 0 bridgehead atoms. The van der Waals surface area contributed by atoms with Crippen LogP contribution in [-0.4, -0.2) is 30.2 Å². The Morgan fingerprint density at radius 1 is 1.10 bits per heavy atom. The van der Waals surface area contributed by atoms with Crippen molar-refractivity contribution >= 4 is 11.8 Å². The molecular formula is C15H20N4O. The van der Waals surface area contributed by atoms with Crippen LogP contribution in [0.25, 0.3) is 0 Å². The number of methoxy groups -OCH3 is 1. The fraction of sp³-hybridized carbons (Fsp3) is 0.333. The summed E-state index contributed by atoms with van der Waals surface area (Å²) in [6, 6.07) is 12.1. The summed E-state index contributed by atoms with van der Waals surface area (Å²) in [5.41, 5.74) is 1.22. The Morgan fingerprint density at radius 2 is 1.95 bits per heavy atom. The molecule has 5 nitrogen and oxygen atoms in total. The largest absolute Gasteiger partial charge is 0.385 e. The fourth-order valence-electron chi connectivity index (χ4n) is 1.75. The number of anilines is 2. The predicted molar refractivity (Wildman–Crippen MR) is 80.8 cm³/mol. The number of hydrogen-bond donors (Lipinski definition) is 2. The number of benzene rings is 1. The molecule has 0 unspecified atom stereocenters. The van der Waals surface area contributed by atoms with Crippen LogP contribution in [-0.2, 0) is 11.3 Å². The van der Waals surface area contributed by atoms with Crippen molar-refractivity contribution in [1.82, 2.24) is 9.97 Å². The molecule has 0 radical (unpaired) electrons. The Balaban J connectivity index is 1.83. The first-order chi connectivity index (χ1) is 9.88. The van der Waals surface area contributed by atoms with Gasteiger partial charge in [-0.15, -0.1) is 0 Å². The summed E-state index contributed by atoms with van der Waals surface area (Å²) in [5.74, 6) is 1.46. The van der Waals surface area contributed by atoms with Gasteiger partial charge in [-0.3, -0.25) is 0 Å². The van der Waals surface area contributed by atoms with E-state index >= 15 is 0 Å². The summed E-state index contributed by atoms with van der Waals surface area (Å²) < 4.78 is 5.00. The minimum atomic E-state index is 0.638. The lowest BCUT2D eigenvalue weighted by Gasteiger charge is -2.08. The molecule has 1 aromatic carbocycles. The van der Waals surface area contributed by atoms with E-state index in [0.717, 1.165) is 31.9 Å². The van der Waals surface area contributed by atoms with Gasteiger partial charge in [0.15, 0.2) is 0 Å². The quantitative estimate of drug-likeness (QED) is 0.723. The second-order valence-corrected chi connectivity index (χ2v) is 4.38. The molecule has 5 heteroatoms. The van der Waals surface area contributed by atoms with Crippen LogP contribution in [0.1, 0.15) is 12.0 Å². The van der Waals surface area contributed by atoms with Gasteiger partial charge in [0.2, 0.25) is 5.95 Å². The third-order valence-corrected chi connectivity index (χ3v) is 2.78. The van der Waals surface area contributed by atoms with Crippen molar-refractivity contribution in [1.29, 1.82) is 0 Å². The molecule has 2 aromatic rings. The van der Waals surface area contributed by atoms with Crippen molar-refractivity contribution in [3.63, 3.8) is 0 Å². The highest BCUT2D eigenvalue weighted by Gasteiger charge is 1.99. The predicted octanol–water partition coefficient (Wildman–Crippen LogP) is 2.54. The molecule has 0 saturated carbocycles. The molecule has 0 aliphatic heterocycles. The second-order valence-electron chi connectivity index (χ2n) is 4.38. The van der Waals surface area contributed by atoms with Gasteiger partial charge in [0.25, 0.3) is 0 Å². The molecule has 106 valence electrons. The number of aromatic nitrogens is 2. The molecule has 0 saturated heterocycles. The molecular weight excluding hydrogens is 252 g/mol. The molecule has 0 amide bonds. The lowest BCUT2D eigenvalue weighted by Crippen LogP contribution is -2.09. The lowest BCUT2D eigenvalue weighted by molar-refractivity contribution is 0.197. The molecule has 20 heavy (non-hydrogen) atoms. The van der Waals surface area contributed by atoms with Gasteiger partial charge in [-0.1, -0.05) is 30.3 Å². The summed E-state index contributed by atoms with van der Waals surface area (Å²) >= 11 is 0. The summed E-state index contributed by atoms with van der Waals surface area (Å²) in [7, 11) is 1.70. The van der Waals surface area contributed by atoms with E-state index in [0.29, 0.717) is 5.95 Å². The summed E-state index contributed by atoms with van der Waals surface area (Å²) in [6.45, 7) is 2.29. The molecule has 2 rings (SSSR count). The van der Waals surface area contributed by atoms with Gasteiger partial charge in [0, 0.05) is 33.0 Å². The van der Waals surface area contributed by atoms with Gasteiger partial charge in [0.1, 0.15) is 5.82 Å². The third kappa shape index (κ3) is 4.85. The average Bonchev–Trinajstić information content (AvgIpc) is 2.51. The summed E-state index contributed by atoms with van der Waals surface area (Å²) in [4.78, 5) is 8.60. The van der Waals surface area contributed by atoms with E-state index in [-0.39, 0.29) is 0 Å². The van der Waals surface area contributed by atoms with Gasteiger partial charge in [-0.25, -0.2) is 4.98 Å². The second kappa shape index (κ2) is 8.12. The molecule has 1 aromatic heterocycles. The first-order valence-electron chi connectivity index (χ1n) is 6.72. The number of nitrogens with zero attached hydrogens (tertiary/aromatic N) is 2. The van der Waals surface area contributed by atoms with Gasteiger partial charge in [-0.05, 0) is 18.1 Å². The highest BCUT2D eigenvalue weighted by atomic mass is 16.5. The molecule has 0 atom stereocenters. The maximum Gasteiger partial charge on any atom is 0.224 e. The van der Waals surface area contributed by atoms with E-state index in [1.807, 2.05) is 24.3 Å². The highest BCUT2D eigenvalue weighted by Crippen LogP contribution is 2.08. The van der Waals surface area contributed by atoms with Gasteiger partial charge in [-0.2, -0.15) is 4.98 Å². The zero-order valence-electron chi connectivity index (χ0n) is 11.7. The van der Waals surface area contributed by atoms with Crippen LogP contribution in [0.4, 0.5) is 11.8 Å². The van der Waals surface area contributed by atoms with Crippen molar-refractivity contribution in [3.8, 4) is 0 Å². The minimum Gasteiger partial charge on any atom is -0.385 e. The van der Waals surface area contributed by atoms with Gasteiger partial charge < -0.3 is 15.4 Å². The van der Waals surface area contributed by atoms with Crippen molar-refractivity contribution in [2.24, 2.45) is 0 Å². The van der Waals surface area contributed by atoms with E-state index in [4.69, 9.17) is 4.74 Å². The molecule has 1 heterocycles.